The second-order valence-corrected chi connectivity index (χ2v) is 5.38. The van der Waals surface area contributed by atoms with Crippen molar-refractivity contribution in [1.29, 1.82) is 0 Å². The van der Waals surface area contributed by atoms with Crippen LogP contribution in [0.1, 0.15) is 25.8 Å². The highest BCUT2D eigenvalue weighted by atomic mass is 35.5. The molecule has 0 unspecified atom stereocenters. The molecule has 0 fully saturated rings. The number of carbonyl (C=O) groups is 1. The van der Waals surface area contributed by atoms with Crippen molar-refractivity contribution < 1.29 is 23.4 Å². The van der Waals surface area contributed by atoms with Crippen LogP contribution in [-0.2, 0) is 4.74 Å². The van der Waals surface area contributed by atoms with E-state index < -0.39 is 24.2 Å². The van der Waals surface area contributed by atoms with E-state index in [1.165, 1.54) is 6.92 Å². The first kappa shape index (κ1) is 16.6. The van der Waals surface area contributed by atoms with Gasteiger partial charge in [-0.3, -0.25) is 0 Å². The first-order valence-corrected chi connectivity index (χ1v) is 6.97. The minimum Gasteiger partial charge on any atom is -0.448 e. The van der Waals surface area contributed by atoms with Crippen LogP contribution in [0.25, 0.3) is 0 Å². The molecule has 1 atom stereocenters. The molecule has 0 saturated carbocycles. The predicted molar refractivity (Wildman–Crippen MR) is 77.0 cm³/mol. The van der Waals surface area contributed by atoms with E-state index in [0.29, 0.717) is 22.5 Å². The van der Waals surface area contributed by atoms with Gasteiger partial charge in [0.15, 0.2) is 0 Å². The molecule has 0 aliphatic carbocycles. The normalized spacial score (nSPS) is 21.7. The molecule has 120 valence electrons. The zero-order valence-corrected chi connectivity index (χ0v) is 12.8. The molecule has 1 aromatic rings. The summed E-state index contributed by atoms with van der Waals surface area (Å²) in [5.74, 6) is -3.59. The summed E-state index contributed by atoms with van der Waals surface area (Å²) < 4.78 is 32.3. The summed E-state index contributed by atoms with van der Waals surface area (Å²) in [6.45, 7) is 2.03. The fraction of sp³-hybridized carbons (Fsp3) is 0.429. The lowest BCUT2D eigenvalue weighted by atomic mass is 9.97. The molecular formula is C14H15ClF2N2O3. The predicted octanol–water partition coefficient (Wildman–Crippen LogP) is 3.25. The van der Waals surface area contributed by atoms with Crippen LogP contribution < -0.4 is 0 Å². The molecule has 0 bridgehead atoms. The highest BCUT2D eigenvalue weighted by Crippen LogP contribution is 2.40. The molecule has 1 amide bonds. The average Bonchev–Trinajstić information content (AvgIpc) is 2.79. The fourth-order valence-corrected chi connectivity index (χ4v) is 2.19. The minimum atomic E-state index is -3.59. The first-order valence-electron chi connectivity index (χ1n) is 6.59. The van der Waals surface area contributed by atoms with Gasteiger partial charge in [0.25, 0.3) is 5.92 Å². The lowest BCUT2D eigenvalue weighted by Gasteiger charge is -2.34. The zero-order chi connectivity index (χ0) is 16.5. The van der Waals surface area contributed by atoms with E-state index in [9.17, 15) is 18.7 Å². The number of hydrazone groups is 1. The van der Waals surface area contributed by atoms with Crippen LogP contribution in [0.3, 0.4) is 0 Å². The van der Waals surface area contributed by atoms with Crippen molar-refractivity contribution in [1.82, 2.24) is 5.01 Å². The molecule has 1 aliphatic heterocycles. The van der Waals surface area contributed by atoms with Crippen LogP contribution >= 0.6 is 11.6 Å². The van der Waals surface area contributed by atoms with Gasteiger partial charge < -0.3 is 9.84 Å². The van der Waals surface area contributed by atoms with E-state index in [2.05, 4.69) is 9.84 Å². The van der Waals surface area contributed by atoms with E-state index in [-0.39, 0.29) is 12.3 Å². The number of halogens is 3. The van der Waals surface area contributed by atoms with Gasteiger partial charge in [-0.05, 0) is 24.6 Å². The molecule has 0 radical (unpaired) electrons. The second kappa shape index (κ2) is 5.81. The summed E-state index contributed by atoms with van der Waals surface area (Å²) in [6, 6.07) is 6.28. The maximum absolute atomic E-state index is 13.8. The third-order valence-corrected chi connectivity index (χ3v) is 3.56. The average molecular weight is 333 g/mol. The van der Waals surface area contributed by atoms with E-state index >= 15 is 0 Å². The zero-order valence-electron chi connectivity index (χ0n) is 12.0. The molecule has 1 heterocycles. The highest BCUT2D eigenvalue weighted by molar-refractivity contribution is 6.30. The molecule has 0 saturated heterocycles. The van der Waals surface area contributed by atoms with Crippen molar-refractivity contribution >= 4 is 23.4 Å². The Balaban J connectivity index is 2.40. The van der Waals surface area contributed by atoms with Gasteiger partial charge in [0.2, 0.25) is 5.72 Å². The number of benzene rings is 1. The molecule has 0 aromatic heterocycles. The van der Waals surface area contributed by atoms with Crippen molar-refractivity contribution in [2.75, 3.05) is 6.61 Å². The maximum Gasteiger partial charge on any atom is 0.433 e. The molecular weight excluding hydrogens is 318 g/mol. The van der Waals surface area contributed by atoms with E-state index in [1.54, 1.807) is 24.3 Å². The lowest BCUT2D eigenvalue weighted by molar-refractivity contribution is -0.226. The Hall–Kier alpha value is -1.73. The van der Waals surface area contributed by atoms with Crippen molar-refractivity contribution in [2.45, 2.75) is 31.9 Å². The highest BCUT2D eigenvalue weighted by Gasteiger charge is 2.59. The maximum atomic E-state index is 13.8. The van der Waals surface area contributed by atoms with Crippen LogP contribution in [0.5, 0.6) is 0 Å². The number of aliphatic hydroxyl groups is 1. The quantitative estimate of drug-likeness (QED) is 0.924. The van der Waals surface area contributed by atoms with Gasteiger partial charge in [-0.2, -0.15) is 10.1 Å². The van der Waals surface area contributed by atoms with Crippen LogP contribution in [0.4, 0.5) is 13.6 Å². The molecule has 2 rings (SSSR count). The van der Waals surface area contributed by atoms with E-state index in [0.717, 1.165) is 0 Å². The summed E-state index contributed by atoms with van der Waals surface area (Å²) in [6.07, 6.45) is -1.65. The number of hydrogen-bond acceptors (Lipinski definition) is 4. The van der Waals surface area contributed by atoms with Crippen LogP contribution in [0.15, 0.2) is 29.4 Å². The van der Waals surface area contributed by atoms with Crippen LogP contribution in [0, 0.1) is 0 Å². The Kier molecular flexibility index (Phi) is 4.39. The standard InChI is InChI=1S/C14H15ClF2N2O3/c1-3-22-12(20)19-14(21,13(2,16)17)8-11(18-19)9-4-6-10(15)7-5-9/h4-7,21H,3,8H2,1-2H3/t14-/m0/s1. The Morgan fingerprint density at radius 3 is 2.59 bits per heavy atom. The van der Waals surface area contributed by atoms with Gasteiger partial charge >= 0.3 is 6.09 Å². The van der Waals surface area contributed by atoms with Gasteiger partial charge in [-0.1, -0.05) is 23.7 Å². The molecule has 1 N–H and O–H groups in total. The van der Waals surface area contributed by atoms with Crippen molar-refractivity contribution in [3.05, 3.63) is 34.9 Å². The number of alkyl halides is 2. The Labute approximate surface area is 131 Å². The Bertz CT molecular complexity index is 601. The van der Waals surface area contributed by atoms with Crippen LogP contribution in [0.2, 0.25) is 5.02 Å². The number of carbonyl (C=O) groups excluding carboxylic acids is 1. The summed E-state index contributed by atoms with van der Waals surface area (Å²) >= 11 is 5.77. The third-order valence-electron chi connectivity index (χ3n) is 3.31. The monoisotopic (exact) mass is 332 g/mol. The molecule has 22 heavy (non-hydrogen) atoms. The third kappa shape index (κ3) is 2.91. The Morgan fingerprint density at radius 1 is 1.50 bits per heavy atom. The summed E-state index contributed by atoms with van der Waals surface area (Å²) in [7, 11) is 0. The smallest absolute Gasteiger partial charge is 0.433 e. The van der Waals surface area contributed by atoms with Gasteiger partial charge in [0.1, 0.15) is 0 Å². The second-order valence-electron chi connectivity index (χ2n) is 4.95. The van der Waals surface area contributed by atoms with E-state index in [1.807, 2.05) is 0 Å². The van der Waals surface area contributed by atoms with Crippen molar-refractivity contribution in [3.8, 4) is 0 Å². The Morgan fingerprint density at radius 2 is 2.09 bits per heavy atom. The SMILES string of the molecule is CCOC(=O)N1N=C(c2ccc(Cl)cc2)C[C@]1(O)C(C)(F)F. The van der Waals surface area contributed by atoms with Crippen molar-refractivity contribution in [3.63, 3.8) is 0 Å². The summed E-state index contributed by atoms with van der Waals surface area (Å²) in [5.41, 5.74) is -2.14. The summed E-state index contributed by atoms with van der Waals surface area (Å²) in [4.78, 5) is 11.8. The lowest BCUT2D eigenvalue weighted by Crippen LogP contribution is -2.57. The topological polar surface area (TPSA) is 62.1 Å². The molecule has 1 aliphatic rings. The van der Waals surface area contributed by atoms with Gasteiger partial charge in [0, 0.05) is 18.4 Å². The number of rotatable bonds is 3. The summed E-state index contributed by atoms with van der Waals surface area (Å²) in [5, 5.41) is 14.9. The van der Waals surface area contributed by atoms with Gasteiger partial charge in [-0.15, -0.1) is 0 Å². The van der Waals surface area contributed by atoms with Crippen LogP contribution in [-0.4, -0.2) is 40.2 Å². The first-order chi connectivity index (χ1) is 10.2. The largest absolute Gasteiger partial charge is 0.448 e. The molecule has 1 aromatic carbocycles. The minimum absolute atomic E-state index is 0.0213. The fourth-order valence-electron chi connectivity index (χ4n) is 2.07. The molecule has 8 heteroatoms. The van der Waals surface area contributed by atoms with E-state index in [4.69, 9.17) is 11.6 Å². The number of ether oxygens (including phenoxy) is 1. The molecule has 5 nitrogen and oxygen atoms in total. The number of amides is 1. The van der Waals surface area contributed by atoms with Crippen molar-refractivity contribution in [2.24, 2.45) is 5.10 Å². The number of hydrogen-bond donors (Lipinski definition) is 1. The van der Waals surface area contributed by atoms with Gasteiger partial charge in [0.05, 0.1) is 12.3 Å². The number of nitrogens with zero attached hydrogens (tertiary/aromatic N) is 2. The molecule has 0 spiro atoms. The van der Waals surface area contributed by atoms with Gasteiger partial charge in [-0.25, -0.2) is 13.6 Å².